The number of aromatic nitrogens is 2. The average molecular weight is 436 g/mol. The van der Waals surface area contributed by atoms with Crippen LogP contribution in [-0.2, 0) is 17.8 Å². The molecule has 0 spiro atoms. The number of ether oxygens (including phenoxy) is 2. The zero-order valence-corrected chi connectivity index (χ0v) is 19.3. The molecule has 3 rings (SSSR count). The first kappa shape index (κ1) is 24.2. The molecule has 1 aliphatic rings. The van der Waals surface area contributed by atoms with E-state index in [1.807, 2.05) is 17.0 Å². The Kier molecular flexibility index (Phi) is 10.2. The molecule has 0 radical (unpaired) electrons. The maximum atomic E-state index is 11.6. The van der Waals surface area contributed by atoms with Crippen molar-refractivity contribution in [2.75, 3.05) is 24.7 Å². The van der Waals surface area contributed by atoms with Crippen LogP contribution in [0.5, 0.6) is 5.75 Å². The van der Waals surface area contributed by atoms with Crippen molar-refractivity contribution in [3.8, 4) is 5.75 Å². The monoisotopic (exact) mass is 435 g/mol. The molecule has 2 aromatic rings. The Bertz CT molecular complexity index is 839. The van der Waals surface area contributed by atoms with Crippen molar-refractivity contribution in [1.29, 1.82) is 0 Å². The van der Waals surface area contributed by atoms with Crippen molar-refractivity contribution in [3.05, 3.63) is 50.9 Å². The molecule has 1 aromatic carbocycles. The minimum atomic E-state index is -0.368. The summed E-state index contributed by atoms with van der Waals surface area (Å²) >= 11 is 6.08. The molecule has 0 saturated heterocycles. The number of nitrogens with zero attached hydrogens (tertiary/aromatic N) is 2. The molecule has 0 amide bonds. The van der Waals surface area contributed by atoms with Gasteiger partial charge in [-0.1, -0.05) is 51.4 Å². The second kappa shape index (κ2) is 12.6. The highest BCUT2D eigenvalue weighted by Crippen LogP contribution is 2.35. The number of anilines is 1. The van der Waals surface area contributed by atoms with Crippen molar-refractivity contribution in [1.82, 2.24) is 10.2 Å². The van der Waals surface area contributed by atoms with Gasteiger partial charge >= 0.3 is 0 Å². The van der Waals surface area contributed by atoms with E-state index in [1.54, 1.807) is 6.20 Å². The van der Waals surface area contributed by atoms with Gasteiger partial charge in [-0.25, -0.2) is 5.10 Å². The second-order valence-electron chi connectivity index (χ2n) is 7.79. The number of nitrogens with one attached hydrogen (secondary N) is 1. The van der Waals surface area contributed by atoms with Crippen LogP contribution in [0.25, 0.3) is 0 Å². The van der Waals surface area contributed by atoms with Crippen LogP contribution in [-0.4, -0.2) is 30.0 Å². The van der Waals surface area contributed by atoms with Gasteiger partial charge < -0.3 is 14.4 Å². The Hall–Kier alpha value is -2.05. The number of H-pyrrole nitrogens is 1. The molecule has 7 heteroatoms. The molecule has 1 N–H and O–H groups in total. The van der Waals surface area contributed by atoms with E-state index in [-0.39, 0.29) is 10.6 Å². The van der Waals surface area contributed by atoms with Crippen molar-refractivity contribution in [3.63, 3.8) is 0 Å². The molecule has 166 valence electrons. The van der Waals surface area contributed by atoms with Gasteiger partial charge in [0.25, 0.3) is 5.56 Å². The van der Waals surface area contributed by atoms with Crippen molar-refractivity contribution in [2.24, 2.45) is 5.92 Å². The maximum Gasteiger partial charge on any atom is 0.285 e. The number of rotatable bonds is 9. The van der Waals surface area contributed by atoms with Crippen LogP contribution in [0, 0.1) is 5.92 Å². The standard InChI is InChI=1S/C15H16ClN3O2.C8H18O/c1-2-6-21-13-5-3-4-10-8-19(9-11(10)13)12-7-17-18-15(20)14(12)16;1-4-6-9-7-5-8(2)3/h3-5,7H,2,6,8-9H2,1H3,(H,18,20);8H,4-7H2,1-3H3. The number of hydrogen-bond donors (Lipinski definition) is 1. The Balaban J connectivity index is 0.000000303. The van der Waals surface area contributed by atoms with E-state index in [0.717, 1.165) is 43.3 Å². The van der Waals surface area contributed by atoms with E-state index >= 15 is 0 Å². The van der Waals surface area contributed by atoms with Gasteiger partial charge in [0.2, 0.25) is 0 Å². The largest absolute Gasteiger partial charge is 0.493 e. The van der Waals surface area contributed by atoms with Gasteiger partial charge in [0.05, 0.1) is 18.5 Å². The summed E-state index contributed by atoms with van der Waals surface area (Å²) in [7, 11) is 0. The highest BCUT2D eigenvalue weighted by atomic mass is 35.5. The first-order valence-corrected chi connectivity index (χ1v) is 11.1. The molecule has 6 nitrogen and oxygen atoms in total. The number of hydrogen-bond acceptors (Lipinski definition) is 5. The topological polar surface area (TPSA) is 67.5 Å². The van der Waals surface area contributed by atoms with Gasteiger partial charge in [-0.05, 0) is 36.8 Å². The van der Waals surface area contributed by atoms with Crippen molar-refractivity contribution >= 4 is 17.3 Å². The molecule has 0 fully saturated rings. The summed E-state index contributed by atoms with van der Waals surface area (Å²) < 4.78 is 11.1. The summed E-state index contributed by atoms with van der Waals surface area (Å²) in [5, 5.41) is 6.34. The fourth-order valence-corrected chi connectivity index (χ4v) is 3.28. The molecular formula is C23H34ClN3O3. The minimum Gasteiger partial charge on any atom is -0.493 e. The molecule has 0 bridgehead atoms. The zero-order chi connectivity index (χ0) is 21.9. The Labute approximate surface area is 184 Å². The quantitative estimate of drug-likeness (QED) is 0.549. The molecule has 0 atom stereocenters. The molecule has 1 aliphatic heterocycles. The van der Waals surface area contributed by atoms with E-state index < -0.39 is 0 Å². The van der Waals surface area contributed by atoms with Gasteiger partial charge in [0, 0.05) is 31.9 Å². The van der Waals surface area contributed by atoms with E-state index in [0.29, 0.717) is 25.4 Å². The summed E-state index contributed by atoms with van der Waals surface area (Å²) in [5.41, 5.74) is 2.63. The van der Waals surface area contributed by atoms with Gasteiger partial charge in [-0.2, -0.15) is 5.10 Å². The van der Waals surface area contributed by atoms with Crippen LogP contribution in [0.3, 0.4) is 0 Å². The highest BCUT2D eigenvalue weighted by molar-refractivity contribution is 6.33. The summed E-state index contributed by atoms with van der Waals surface area (Å²) in [6.07, 6.45) is 4.89. The lowest BCUT2D eigenvalue weighted by Gasteiger charge is -2.18. The molecule has 30 heavy (non-hydrogen) atoms. The number of fused-ring (bicyclic) bond motifs is 1. The van der Waals surface area contributed by atoms with Gasteiger partial charge in [0.15, 0.2) is 0 Å². The maximum absolute atomic E-state index is 11.6. The lowest BCUT2D eigenvalue weighted by molar-refractivity contribution is 0.124. The van der Waals surface area contributed by atoms with Crippen LogP contribution in [0.2, 0.25) is 5.02 Å². The van der Waals surface area contributed by atoms with Crippen LogP contribution in [0.1, 0.15) is 58.1 Å². The molecule has 0 unspecified atom stereocenters. The fourth-order valence-electron chi connectivity index (χ4n) is 3.07. The van der Waals surface area contributed by atoms with E-state index in [1.165, 1.54) is 12.0 Å². The SMILES string of the molecule is CCCOCCC(C)C.CCCOc1cccc2c1CN(c1cn[nH]c(=O)c1Cl)C2. The molecule has 0 aliphatic carbocycles. The molecule has 0 saturated carbocycles. The molecule has 2 heterocycles. The Morgan fingerprint density at radius 1 is 1.17 bits per heavy atom. The predicted molar refractivity (Wildman–Crippen MR) is 123 cm³/mol. The predicted octanol–water partition coefficient (Wildman–Crippen LogP) is 5.19. The lowest BCUT2D eigenvalue weighted by atomic mass is 10.1. The Morgan fingerprint density at radius 3 is 2.63 bits per heavy atom. The van der Waals surface area contributed by atoms with Gasteiger partial charge in [-0.3, -0.25) is 4.79 Å². The molecular weight excluding hydrogens is 402 g/mol. The summed E-state index contributed by atoms with van der Waals surface area (Å²) in [6.45, 7) is 12.6. The second-order valence-corrected chi connectivity index (χ2v) is 8.17. The van der Waals surface area contributed by atoms with Gasteiger partial charge in [-0.15, -0.1) is 0 Å². The molecule has 1 aromatic heterocycles. The summed E-state index contributed by atoms with van der Waals surface area (Å²) in [5.74, 6) is 1.69. The minimum absolute atomic E-state index is 0.175. The summed E-state index contributed by atoms with van der Waals surface area (Å²) in [6, 6.07) is 6.04. The first-order valence-electron chi connectivity index (χ1n) is 10.8. The first-order chi connectivity index (χ1) is 14.5. The average Bonchev–Trinajstić information content (AvgIpc) is 3.16. The number of benzene rings is 1. The van der Waals surface area contributed by atoms with Crippen molar-refractivity contribution in [2.45, 2.75) is 60.0 Å². The fraction of sp³-hybridized carbons (Fsp3) is 0.565. The Morgan fingerprint density at radius 2 is 1.93 bits per heavy atom. The number of halogens is 1. The van der Waals surface area contributed by atoms with E-state index in [2.05, 4.69) is 44.0 Å². The van der Waals surface area contributed by atoms with E-state index in [4.69, 9.17) is 21.1 Å². The third kappa shape index (κ3) is 7.03. The van der Waals surface area contributed by atoms with Crippen LogP contribution >= 0.6 is 11.6 Å². The smallest absolute Gasteiger partial charge is 0.285 e. The van der Waals surface area contributed by atoms with Crippen LogP contribution < -0.4 is 15.2 Å². The van der Waals surface area contributed by atoms with Crippen molar-refractivity contribution < 1.29 is 9.47 Å². The lowest BCUT2D eigenvalue weighted by Crippen LogP contribution is -2.20. The van der Waals surface area contributed by atoms with Crippen LogP contribution in [0.4, 0.5) is 5.69 Å². The van der Waals surface area contributed by atoms with Gasteiger partial charge in [0.1, 0.15) is 10.8 Å². The summed E-state index contributed by atoms with van der Waals surface area (Å²) in [4.78, 5) is 13.6. The van der Waals surface area contributed by atoms with E-state index in [9.17, 15) is 4.79 Å². The third-order valence-electron chi connectivity index (χ3n) is 4.71. The zero-order valence-electron chi connectivity index (χ0n) is 18.5. The number of aromatic amines is 1. The highest BCUT2D eigenvalue weighted by Gasteiger charge is 2.25. The normalized spacial score (nSPS) is 12.5. The third-order valence-corrected chi connectivity index (χ3v) is 5.07. The van der Waals surface area contributed by atoms with Crippen LogP contribution in [0.15, 0.2) is 29.2 Å².